The first-order valence-corrected chi connectivity index (χ1v) is 12.0. The van der Waals surface area contributed by atoms with Crippen LogP contribution in [0.1, 0.15) is 31.2 Å². The first kappa shape index (κ1) is 26.0. The molecule has 14 heteroatoms. The lowest BCUT2D eigenvalue weighted by molar-refractivity contribution is 0.205. The van der Waals surface area contributed by atoms with Crippen LogP contribution in [0, 0.1) is 17.5 Å². The molecule has 0 saturated carbocycles. The first-order valence-electron chi connectivity index (χ1n) is 10.4. The number of urea groups is 1. The van der Waals surface area contributed by atoms with Gasteiger partial charge < -0.3 is 25.4 Å². The number of ether oxygens (including phenoxy) is 2. The highest BCUT2D eigenvalue weighted by Crippen LogP contribution is 2.39. The van der Waals surface area contributed by atoms with Gasteiger partial charge in [-0.15, -0.1) is 4.37 Å². The molecule has 0 aliphatic carbocycles. The number of unbranched alkanes of at least 4 members (excludes halogenated alkanes) is 1. The molecule has 0 bridgehead atoms. The Kier molecular flexibility index (Phi) is 9.36. The van der Waals surface area contributed by atoms with Crippen LogP contribution >= 0.6 is 27.5 Å². The van der Waals surface area contributed by atoms with Gasteiger partial charge in [-0.2, -0.15) is 0 Å². The maximum Gasteiger partial charge on any atom is 0.410 e. The highest BCUT2D eigenvalue weighted by Gasteiger charge is 2.23. The summed E-state index contributed by atoms with van der Waals surface area (Å²) in [5, 5.41) is 5.15. The molecule has 1 fully saturated rings. The van der Waals surface area contributed by atoms with E-state index in [-0.39, 0.29) is 21.1 Å². The van der Waals surface area contributed by atoms with E-state index >= 15 is 0 Å². The van der Waals surface area contributed by atoms with Gasteiger partial charge in [0.2, 0.25) is 5.75 Å². The van der Waals surface area contributed by atoms with Gasteiger partial charge in [-0.1, -0.05) is 0 Å². The molecule has 186 valence electrons. The second kappa shape index (κ2) is 12.2. The van der Waals surface area contributed by atoms with Gasteiger partial charge >= 0.3 is 12.1 Å². The molecule has 1 aromatic carbocycles. The second-order valence-corrected chi connectivity index (χ2v) is 9.07. The number of hydrogen-bond donors (Lipinski definition) is 3. The summed E-state index contributed by atoms with van der Waals surface area (Å²) >= 11 is 3.41. The highest BCUT2D eigenvalue weighted by atomic mass is 79.9. The Morgan fingerprint density at radius 1 is 1.21 bits per heavy atom. The molecule has 3 rings (SSSR count). The van der Waals surface area contributed by atoms with Crippen molar-refractivity contribution in [2.24, 2.45) is 5.73 Å². The van der Waals surface area contributed by atoms with E-state index in [9.17, 15) is 22.8 Å². The van der Waals surface area contributed by atoms with E-state index in [0.29, 0.717) is 18.1 Å². The normalized spacial score (nSPS) is 13.6. The fourth-order valence-corrected chi connectivity index (χ4v) is 4.36. The molecular weight excluding hydrogens is 543 g/mol. The lowest BCUT2D eigenvalue weighted by Gasteiger charge is -2.14. The molecule has 0 radical (unpaired) electrons. The van der Waals surface area contributed by atoms with Crippen molar-refractivity contribution in [3.8, 4) is 11.6 Å². The summed E-state index contributed by atoms with van der Waals surface area (Å²) in [7, 11) is 0. The van der Waals surface area contributed by atoms with Crippen molar-refractivity contribution in [2.75, 3.05) is 31.5 Å². The third-order valence-corrected chi connectivity index (χ3v) is 6.30. The van der Waals surface area contributed by atoms with Crippen LogP contribution < -0.4 is 25.8 Å². The molecule has 2 aromatic rings. The molecule has 1 aromatic heterocycles. The molecule has 2 heterocycles. The Labute approximate surface area is 206 Å². The van der Waals surface area contributed by atoms with E-state index in [2.05, 4.69) is 35.8 Å². The molecule has 0 atom stereocenters. The van der Waals surface area contributed by atoms with E-state index in [1.165, 1.54) is 12.8 Å². The van der Waals surface area contributed by atoms with Crippen LogP contribution in [0.3, 0.4) is 0 Å². The lowest BCUT2D eigenvalue weighted by atomic mass is 10.2. The third-order valence-electron chi connectivity index (χ3n) is 5.00. The standard InChI is InChI=1S/C20H23BrF3N5O4S/c21-12-9-13(22)11(14(23)15(12)24)10-32-17-16(33-19(25)30)18(34-28-17)27-20(31)26-5-1-2-6-29-7-3-4-8-29/h9H,1-8,10H2,(H2,25,30)(H2,26,27,31). The van der Waals surface area contributed by atoms with Gasteiger partial charge in [0.1, 0.15) is 12.4 Å². The fraction of sp³-hybridized carbons (Fsp3) is 0.450. The molecule has 0 spiro atoms. The zero-order valence-corrected chi connectivity index (χ0v) is 20.4. The van der Waals surface area contributed by atoms with Crippen molar-refractivity contribution in [2.45, 2.75) is 32.3 Å². The predicted octanol–water partition coefficient (Wildman–Crippen LogP) is 4.36. The Balaban J connectivity index is 1.57. The van der Waals surface area contributed by atoms with Crippen molar-refractivity contribution in [3.05, 3.63) is 33.6 Å². The SMILES string of the molecule is NC(=O)Oc1c(OCc2c(F)cc(Br)c(F)c2F)nsc1NC(=O)NCCCCN1CCCC1. The second-order valence-electron chi connectivity index (χ2n) is 7.44. The predicted molar refractivity (Wildman–Crippen MR) is 123 cm³/mol. The Bertz CT molecular complexity index is 1040. The molecule has 0 unspecified atom stereocenters. The Morgan fingerprint density at radius 3 is 2.65 bits per heavy atom. The molecular formula is C20H23BrF3N5O4S. The first-order chi connectivity index (χ1) is 16.3. The number of carbonyl (C=O) groups excluding carboxylic acids is 2. The van der Waals surface area contributed by atoms with E-state index in [4.69, 9.17) is 15.2 Å². The van der Waals surface area contributed by atoms with Crippen molar-refractivity contribution in [1.82, 2.24) is 14.6 Å². The average Bonchev–Trinajstić information content (AvgIpc) is 3.42. The van der Waals surface area contributed by atoms with Gasteiger partial charge in [0, 0.05) is 6.54 Å². The molecule has 3 amide bonds. The number of benzene rings is 1. The van der Waals surface area contributed by atoms with E-state index in [0.717, 1.165) is 38.5 Å². The highest BCUT2D eigenvalue weighted by molar-refractivity contribution is 9.10. The number of rotatable bonds is 10. The van der Waals surface area contributed by atoms with Crippen molar-refractivity contribution in [3.63, 3.8) is 0 Å². The molecule has 34 heavy (non-hydrogen) atoms. The molecule has 1 aliphatic rings. The fourth-order valence-electron chi connectivity index (χ4n) is 3.32. The number of likely N-dealkylation sites (tertiary alicyclic amines) is 1. The summed E-state index contributed by atoms with van der Waals surface area (Å²) in [4.78, 5) is 25.9. The van der Waals surface area contributed by atoms with Crippen molar-refractivity contribution in [1.29, 1.82) is 0 Å². The van der Waals surface area contributed by atoms with Crippen molar-refractivity contribution >= 4 is 44.6 Å². The summed E-state index contributed by atoms with van der Waals surface area (Å²) < 4.78 is 55.4. The summed E-state index contributed by atoms with van der Waals surface area (Å²) in [6.45, 7) is 2.88. The number of halogens is 4. The summed E-state index contributed by atoms with van der Waals surface area (Å²) in [5.41, 5.74) is 4.37. The minimum absolute atomic E-state index is 0.00806. The number of anilines is 1. The Morgan fingerprint density at radius 2 is 1.94 bits per heavy atom. The van der Waals surface area contributed by atoms with Crippen LogP contribution in [0.2, 0.25) is 0 Å². The Hall–Kier alpha value is -2.58. The number of nitrogens with zero attached hydrogens (tertiary/aromatic N) is 2. The largest absolute Gasteiger partial charge is 0.469 e. The molecule has 9 nitrogen and oxygen atoms in total. The van der Waals surface area contributed by atoms with Gasteiger partial charge in [-0.3, -0.25) is 5.32 Å². The number of primary amides is 1. The third kappa shape index (κ3) is 6.96. The smallest absolute Gasteiger partial charge is 0.410 e. The zero-order valence-electron chi connectivity index (χ0n) is 18.0. The number of nitrogens with one attached hydrogen (secondary N) is 2. The number of carbonyl (C=O) groups is 2. The minimum atomic E-state index is -1.44. The van der Waals surface area contributed by atoms with E-state index in [1.807, 2.05) is 0 Å². The maximum absolute atomic E-state index is 14.1. The van der Waals surface area contributed by atoms with Crippen LogP contribution in [0.5, 0.6) is 11.6 Å². The van der Waals surface area contributed by atoms with Crippen LogP contribution in [0.15, 0.2) is 10.5 Å². The van der Waals surface area contributed by atoms with Crippen molar-refractivity contribution < 1.29 is 32.2 Å². The van der Waals surface area contributed by atoms with Crippen LogP contribution in [0.25, 0.3) is 0 Å². The average molecular weight is 566 g/mol. The topological polar surface area (TPSA) is 119 Å². The van der Waals surface area contributed by atoms with Gasteiger partial charge in [0.05, 0.1) is 10.0 Å². The summed E-state index contributed by atoms with van der Waals surface area (Å²) in [5.74, 6) is -4.47. The minimum Gasteiger partial charge on any atom is -0.469 e. The van der Waals surface area contributed by atoms with Crippen LogP contribution in [-0.2, 0) is 6.61 Å². The van der Waals surface area contributed by atoms with Gasteiger partial charge in [-0.25, -0.2) is 22.8 Å². The quantitative estimate of drug-likeness (QED) is 0.224. The number of aromatic nitrogens is 1. The van der Waals surface area contributed by atoms with Gasteiger partial charge in [0.25, 0.3) is 5.88 Å². The maximum atomic E-state index is 14.1. The molecule has 4 N–H and O–H groups in total. The number of hydrogen-bond acceptors (Lipinski definition) is 7. The van der Waals surface area contributed by atoms with Gasteiger partial charge in [0.15, 0.2) is 16.6 Å². The van der Waals surface area contributed by atoms with E-state index < -0.39 is 41.7 Å². The summed E-state index contributed by atoms with van der Waals surface area (Å²) in [6.07, 6.45) is 2.95. The monoisotopic (exact) mass is 565 g/mol. The summed E-state index contributed by atoms with van der Waals surface area (Å²) in [6, 6.07) is 0.180. The zero-order chi connectivity index (χ0) is 24.7. The van der Waals surface area contributed by atoms with E-state index in [1.54, 1.807) is 0 Å². The number of amides is 3. The van der Waals surface area contributed by atoms with Gasteiger partial charge in [-0.05, 0) is 78.8 Å². The van der Waals surface area contributed by atoms with Crippen LogP contribution in [-0.4, -0.2) is 47.6 Å². The number of nitrogens with two attached hydrogens (primary N) is 1. The molecule has 1 aliphatic heterocycles. The van der Waals surface area contributed by atoms with Crippen LogP contribution in [0.4, 0.5) is 27.8 Å². The lowest BCUT2D eigenvalue weighted by Crippen LogP contribution is -2.30. The molecule has 1 saturated heterocycles.